The molecule has 0 spiro atoms. The Morgan fingerprint density at radius 3 is 2.72 bits per heavy atom. The van der Waals surface area contributed by atoms with Crippen LogP contribution in [0.4, 0.5) is 16.3 Å². The number of anilines is 2. The third-order valence-electron chi connectivity index (χ3n) is 3.50. The molecule has 0 fully saturated rings. The van der Waals surface area contributed by atoms with E-state index >= 15 is 0 Å². The zero-order chi connectivity index (χ0) is 18.2. The number of carbonyl (C=O) groups is 2. The van der Waals surface area contributed by atoms with Gasteiger partial charge in [-0.15, -0.1) is 0 Å². The first-order valence-corrected chi connectivity index (χ1v) is 8.82. The zero-order valence-electron chi connectivity index (χ0n) is 12.9. The molecular weight excluding hydrogens is 370 g/mol. The van der Waals surface area contributed by atoms with Gasteiger partial charge in [0.25, 0.3) is 10.0 Å². The molecule has 25 heavy (non-hydrogen) atoms. The minimum absolute atomic E-state index is 0.0594. The number of fused-ring (bicyclic) bond motifs is 1. The third-order valence-corrected chi connectivity index (χ3v) is 5.48. The first-order chi connectivity index (χ1) is 11.9. The van der Waals surface area contributed by atoms with Crippen molar-refractivity contribution in [3.63, 3.8) is 0 Å². The third kappa shape index (κ3) is 2.92. The molecule has 1 aliphatic rings. The number of pyridine rings is 1. The van der Waals surface area contributed by atoms with Crippen LogP contribution in [0.5, 0.6) is 0 Å². The minimum atomic E-state index is -4.24. The maximum Gasteiger partial charge on any atom is 0.344 e. The Bertz CT molecular complexity index is 963. The predicted molar refractivity (Wildman–Crippen MR) is 89.1 cm³/mol. The van der Waals surface area contributed by atoms with Crippen LogP contribution in [0.1, 0.15) is 0 Å². The standard InChI is InChI=1S/C15H12ClN3O5S/c1-24-13(20)9-18-15(21)19(11-5-2-4-10(16)8-11)14-12(25(18,22)23)6-3-7-17-14/h2-8H,9H2,1H3. The summed E-state index contributed by atoms with van der Waals surface area (Å²) in [4.78, 5) is 29.4. The van der Waals surface area contributed by atoms with Gasteiger partial charge in [0.2, 0.25) is 0 Å². The van der Waals surface area contributed by atoms with Gasteiger partial charge in [0, 0.05) is 11.2 Å². The van der Waals surface area contributed by atoms with Crippen molar-refractivity contribution >= 4 is 45.1 Å². The van der Waals surface area contributed by atoms with E-state index in [0.29, 0.717) is 15.0 Å². The minimum Gasteiger partial charge on any atom is -0.468 e. The summed E-state index contributed by atoms with van der Waals surface area (Å²) in [5, 5.41) is 0.357. The second kappa shape index (κ2) is 6.34. The molecular formula is C15H12ClN3O5S. The van der Waals surface area contributed by atoms with Crippen molar-refractivity contribution in [1.82, 2.24) is 9.29 Å². The van der Waals surface area contributed by atoms with Gasteiger partial charge in [-0.05, 0) is 30.3 Å². The van der Waals surface area contributed by atoms with Gasteiger partial charge in [-0.2, -0.15) is 0 Å². The van der Waals surface area contributed by atoms with Crippen molar-refractivity contribution in [3.05, 3.63) is 47.6 Å². The van der Waals surface area contributed by atoms with Crippen molar-refractivity contribution in [3.8, 4) is 0 Å². The van der Waals surface area contributed by atoms with Crippen LogP contribution in [0.15, 0.2) is 47.5 Å². The average molecular weight is 382 g/mol. The molecule has 2 aromatic rings. The fourth-order valence-corrected chi connectivity index (χ4v) is 3.97. The number of halogens is 1. The Labute approximate surface area is 148 Å². The Morgan fingerprint density at radius 2 is 2.04 bits per heavy atom. The predicted octanol–water partition coefficient (Wildman–Crippen LogP) is 2.17. The molecule has 10 heteroatoms. The molecule has 2 amide bonds. The summed E-state index contributed by atoms with van der Waals surface area (Å²) in [7, 11) is -3.14. The Kier molecular flexibility index (Phi) is 4.36. The highest BCUT2D eigenvalue weighted by Gasteiger charge is 2.44. The van der Waals surface area contributed by atoms with Crippen molar-refractivity contribution in [2.75, 3.05) is 18.6 Å². The highest BCUT2D eigenvalue weighted by atomic mass is 35.5. The maximum absolute atomic E-state index is 12.8. The largest absolute Gasteiger partial charge is 0.468 e. The number of hydrogen-bond donors (Lipinski definition) is 0. The highest BCUT2D eigenvalue weighted by molar-refractivity contribution is 7.90. The van der Waals surface area contributed by atoms with Crippen molar-refractivity contribution < 1.29 is 22.7 Å². The summed E-state index contributed by atoms with van der Waals surface area (Å²) in [6.07, 6.45) is 1.37. The van der Waals surface area contributed by atoms with Gasteiger partial charge in [0.1, 0.15) is 11.4 Å². The van der Waals surface area contributed by atoms with E-state index in [1.165, 1.54) is 24.4 Å². The van der Waals surface area contributed by atoms with E-state index in [-0.39, 0.29) is 10.7 Å². The Hall–Kier alpha value is -2.65. The van der Waals surface area contributed by atoms with Crippen LogP contribution in [-0.2, 0) is 19.6 Å². The summed E-state index contributed by atoms with van der Waals surface area (Å²) < 4.78 is 30.4. The maximum atomic E-state index is 12.8. The molecule has 0 atom stereocenters. The number of rotatable bonds is 3. The average Bonchev–Trinajstić information content (AvgIpc) is 2.59. The second-order valence-corrected chi connectivity index (χ2v) is 7.28. The normalized spacial score (nSPS) is 15.7. The van der Waals surface area contributed by atoms with E-state index in [4.69, 9.17) is 11.6 Å². The van der Waals surface area contributed by atoms with Crippen LogP contribution in [-0.4, -0.2) is 43.4 Å². The molecule has 0 saturated carbocycles. The lowest BCUT2D eigenvalue weighted by molar-refractivity contribution is -0.140. The van der Waals surface area contributed by atoms with E-state index in [9.17, 15) is 18.0 Å². The van der Waals surface area contributed by atoms with Crippen LogP contribution in [0.2, 0.25) is 5.02 Å². The first-order valence-electron chi connectivity index (χ1n) is 7.00. The Balaban J connectivity index is 2.21. The molecule has 3 rings (SSSR count). The number of hydrogen-bond acceptors (Lipinski definition) is 6. The molecule has 2 heterocycles. The number of benzene rings is 1. The SMILES string of the molecule is COC(=O)CN1C(=O)N(c2cccc(Cl)c2)c2ncccc2S1(=O)=O. The number of aromatic nitrogens is 1. The number of methoxy groups -OCH3 is 1. The summed E-state index contributed by atoms with van der Waals surface area (Å²) in [6.45, 7) is -0.747. The lowest BCUT2D eigenvalue weighted by atomic mass is 10.3. The summed E-state index contributed by atoms with van der Waals surface area (Å²) >= 11 is 5.97. The van der Waals surface area contributed by atoms with Crippen LogP contribution in [0, 0.1) is 0 Å². The number of sulfonamides is 1. The first kappa shape index (κ1) is 17.2. The fraction of sp³-hybridized carbons (Fsp3) is 0.133. The molecule has 0 radical (unpaired) electrons. The molecule has 0 N–H and O–H groups in total. The monoisotopic (exact) mass is 381 g/mol. The van der Waals surface area contributed by atoms with Crippen LogP contribution >= 0.6 is 11.6 Å². The molecule has 0 saturated heterocycles. The fourth-order valence-electron chi connectivity index (χ4n) is 2.36. The van der Waals surface area contributed by atoms with Gasteiger partial charge < -0.3 is 4.74 Å². The van der Waals surface area contributed by atoms with Gasteiger partial charge in [0.15, 0.2) is 5.82 Å². The van der Waals surface area contributed by atoms with E-state index in [0.717, 1.165) is 12.0 Å². The molecule has 1 aromatic carbocycles. The number of nitrogens with zero attached hydrogens (tertiary/aromatic N) is 3. The molecule has 1 aromatic heterocycles. The summed E-state index contributed by atoms with van der Waals surface area (Å²) in [5.74, 6) is -0.925. The number of urea groups is 1. The van der Waals surface area contributed by atoms with Gasteiger partial charge in [-0.3, -0.25) is 4.79 Å². The summed E-state index contributed by atoms with van der Waals surface area (Å²) in [6, 6.07) is 8.09. The second-order valence-electron chi connectivity index (χ2n) is 5.01. The smallest absolute Gasteiger partial charge is 0.344 e. The van der Waals surface area contributed by atoms with Crippen molar-refractivity contribution in [2.24, 2.45) is 0 Å². The summed E-state index contributed by atoms with van der Waals surface area (Å²) in [5.41, 5.74) is 0.321. The van der Waals surface area contributed by atoms with Crippen LogP contribution in [0.3, 0.4) is 0 Å². The van der Waals surface area contributed by atoms with E-state index in [1.54, 1.807) is 18.2 Å². The Morgan fingerprint density at radius 1 is 1.28 bits per heavy atom. The topological polar surface area (TPSA) is 96.9 Å². The molecule has 0 unspecified atom stereocenters. The number of esters is 1. The quantitative estimate of drug-likeness (QED) is 0.756. The van der Waals surface area contributed by atoms with E-state index in [2.05, 4.69) is 9.72 Å². The number of amides is 2. The molecule has 0 bridgehead atoms. The molecule has 1 aliphatic heterocycles. The van der Waals surface area contributed by atoms with Gasteiger partial charge in [0.05, 0.1) is 12.8 Å². The van der Waals surface area contributed by atoms with E-state index < -0.39 is 28.6 Å². The molecule has 130 valence electrons. The molecule has 8 nitrogen and oxygen atoms in total. The zero-order valence-corrected chi connectivity index (χ0v) is 14.5. The van der Waals surface area contributed by atoms with Gasteiger partial charge in [-0.25, -0.2) is 27.4 Å². The van der Waals surface area contributed by atoms with Gasteiger partial charge >= 0.3 is 12.0 Å². The van der Waals surface area contributed by atoms with E-state index in [1.807, 2.05) is 0 Å². The number of carbonyl (C=O) groups excluding carboxylic acids is 2. The van der Waals surface area contributed by atoms with Crippen molar-refractivity contribution in [1.29, 1.82) is 0 Å². The number of ether oxygens (including phenoxy) is 1. The lowest BCUT2D eigenvalue weighted by Gasteiger charge is -2.34. The van der Waals surface area contributed by atoms with Crippen LogP contribution < -0.4 is 4.90 Å². The lowest BCUT2D eigenvalue weighted by Crippen LogP contribution is -2.51. The van der Waals surface area contributed by atoms with Crippen LogP contribution in [0.25, 0.3) is 0 Å². The van der Waals surface area contributed by atoms with Crippen molar-refractivity contribution in [2.45, 2.75) is 4.90 Å². The highest BCUT2D eigenvalue weighted by Crippen LogP contribution is 2.37. The van der Waals surface area contributed by atoms with Gasteiger partial charge in [-0.1, -0.05) is 17.7 Å². The molecule has 0 aliphatic carbocycles.